The quantitative estimate of drug-likeness (QED) is 0.782. The van der Waals surface area contributed by atoms with Crippen molar-refractivity contribution in [3.8, 4) is 0 Å². The van der Waals surface area contributed by atoms with Gasteiger partial charge in [-0.2, -0.15) is 4.98 Å². The number of anilines is 2. The standard InChI is InChI=1S/C16H17BrClN5/c1-8-4-11-14(18)21-16(19)22-15(11)23(6-8)7-12-10(3)13(17)9(2)5-20-12/h4-5H,6-7H2,1-3H3,(H2,19,21,22). The molecule has 23 heavy (non-hydrogen) atoms. The summed E-state index contributed by atoms with van der Waals surface area (Å²) in [7, 11) is 0. The Labute approximate surface area is 148 Å². The lowest BCUT2D eigenvalue weighted by molar-refractivity contribution is 0.787. The van der Waals surface area contributed by atoms with Gasteiger partial charge in [-0.15, -0.1) is 0 Å². The molecule has 0 saturated heterocycles. The Balaban J connectivity index is 2.03. The number of halogens is 2. The highest BCUT2D eigenvalue weighted by atomic mass is 79.9. The number of nitrogens with two attached hydrogens (primary N) is 1. The van der Waals surface area contributed by atoms with Crippen LogP contribution in [0, 0.1) is 13.8 Å². The van der Waals surface area contributed by atoms with Crippen LogP contribution < -0.4 is 10.6 Å². The molecule has 1 aliphatic rings. The van der Waals surface area contributed by atoms with Crippen molar-refractivity contribution in [2.45, 2.75) is 27.3 Å². The minimum atomic E-state index is 0.182. The van der Waals surface area contributed by atoms with E-state index >= 15 is 0 Å². The van der Waals surface area contributed by atoms with E-state index in [0.29, 0.717) is 11.7 Å². The van der Waals surface area contributed by atoms with E-state index in [4.69, 9.17) is 17.3 Å². The summed E-state index contributed by atoms with van der Waals surface area (Å²) in [6, 6.07) is 0. The minimum absolute atomic E-state index is 0.182. The molecule has 3 heterocycles. The lowest BCUT2D eigenvalue weighted by atomic mass is 10.1. The number of nitrogen functional groups attached to an aromatic ring is 1. The highest BCUT2D eigenvalue weighted by molar-refractivity contribution is 9.10. The van der Waals surface area contributed by atoms with Crippen LogP contribution in [0.4, 0.5) is 11.8 Å². The fourth-order valence-electron chi connectivity index (χ4n) is 2.70. The molecule has 2 aromatic rings. The van der Waals surface area contributed by atoms with Gasteiger partial charge in [0.2, 0.25) is 5.95 Å². The monoisotopic (exact) mass is 393 g/mol. The van der Waals surface area contributed by atoms with Crippen LogP contribution in [0.3, 0.4) is 0 Å². The zero-order chi connectivity index (χ0) is 16.7. The predicted octanol–water partition coefficient (Wildman–Crippen LogP) is 3.91. The minimum Gasteiger partial charge on any atom is -0.368 e. The van der Waals surface area contributed by atoms with Gasteiger partial charge < -0.3 is 10.6 Å². The summed E-state index contributed by atoms with van der Waals surface area (Å²) >= 11 is 9.86. The Morgan fingerprint density at radius 1 is 1.30 bits per heavy atom. The number of hydrogen-bond acceptors (Lipinski definition) is 5. The lowest BCUT2D eigenvalue weighted by Crippen LogP contribution is -2.30. The molecule has 0 aromatic carbocycles. The SMILES string of the molecule is CC1=Cc2c(Cl)nc(N)nc2N(Cc2ncc(C)c(Br)c2C)C1. The van der Waals surface area contributed by atoms with Crippen molar-refractivity contribution < 1.29 is 0 Å². The summed E-state index contributed by atoms with van der Waals surface area (Å²) in [5, 5.41) is 0.381. The maximum atomic E-state index is 6.23. The summed E-state index contributed by atoms with van der Waals surface area (Å²) in [5.74, 6) is 0.937. The molecule has 0 bridgehead atoms. The summed E-state index contributed by atoms with van der Waals surface area (Å²) in [6.07, 6.45) is 3.89. The van der Waals surface area contributed by atoms with Gasteiger partial charge in [-0.1, -0.05) is 33.1 Å². The maximum absolute atomic E-state index is 6.23. The first-order valence-corrected chi connectivity index (χ1v) is 8.39. The van der Waals surface area contributed by atoms with Gasteiger partial charge in [0, 0.05) is 17.2 Å². The summed E-state index contributed by atoms with van der Waals surface area (Å²) < 4.78 is 1.09. The van der Waals surface area contributed by atoms with Gasteiger partial charge in [-0.05, 0) is 38.0 Å². The number of pyridine rings is 1. The van der Waals surface area contributed by atoms with E-state index in [0.717, 1.165) is 39.2 Å². The van der Waals surface area contributed by atoms with E-state index in [1.807, 2.05) is 19.2 Å². The normalized spacial score (nSPS) is 13.8. The molecule has 0 spiro atoms. The van der Waals surface area contributed by atoms with Gasteiger partial charge in [0.25, 0.3) is 0 Å². The Hall–Kier alpha value is -1.66. The first kappa shape index (κ1) is 16.2. The van der Waals surface area contributed by atoms with Gasteiger partial charge in [-0.3, -0.25) is 4.98 Å². The van der Waals surface area contributed by atoms with Crippen molar-refractivity contribution >= 4 is 45.4 Å². The Bertz CT molecular complexity index is 819. The average molecular weight is 395 g/mol. The smallest absolute Gasteiger partial charge is 0.223 e. The fraction of sp³-hybridized carbons (Fsp3) is 0.312. The Morgan fingerprint density at radius 3 is 2.78 bits per heavy atom. The van der Waals surface area contributed by atoms with E-state index in [9.17, 15) is 0 Å². The molecule has 1 aliphatic heterocycles. The highest BCUT2D eigenvalue weighted by Gasteiger charge is 2.23. The number of rotatable bonds is 2. The largest absolute Gasteiger partial charge is 0.368 e. The number of aryl methyl sites for hydroxylation is 1. The van der Waals surface area contributed by atoms with Gasteiger partial charge in [-0.25, -0.2) is 4.98 Å². The van der Waals surface area contributed by atoms with Gasteiger partial charge in [0.1, 0.15) is 11.0 Å². The van der Waals surface area contributed by atoms with E-state index in [-0.39, 0.29) is 5.95 Å². The molecule has 0 amide bonds. The molecular weight excluding hydrogens is 378 g/mol. The molecule has 120 valence electrons. The molecule has 2 aromatic heterocycles. The molecule has 0 unspecified atom stereocenters. The van der Waals surface area contributed by atoms with Crippen LogP contribution in [-0.4, -0.2) is 21.5 Å². The number of hydrogen-bond donors (Lipinski definition) is 1. The third-order valence-corrected chi connectivity index (χ3v) is 5.40. The third kappa shape index (κ3) is 3.05. The predicted molar refractivity (Wildman–Crippen MR) is 97.6 cm³/mol. The van der Waals surface area contributed by atoms with E-state index in [1.165, 1.54) is 5.57 Å². The summed E-state index contributed by atoms with van der Waals surface area (Å²) in [4.78, 5) is 15.1. The first-order chi connectivity index (χ1) is 10.9. The highest BCUT2D eigenvalue weighted by Crippen LogP contribution is 2.33. The van der Waals surface area contributed by atoms with Gasteiger partial charge in [0.05, 0.1) is 17.8 Å². The van der Waals surface area contributed by atoms with Crippen molar-refractivity contribution in [3.05, 3.63) is 43.8 Å². The molecule has 3 rings (SSSR count). The third-order valence-electron chi connectivity index (χ3n) is 3.89. The second-order valence-corrected chi connectivity index (χ2v) is 6.93. The molecule has 0 fully saturated rings. The van der Waals surface area contributed by atoms with Crippen molar-refractivity contribution in [3.63, 3.8) is 0 Å². The van der Waals surface area contributed by atoms with Crippen LogP contribution in [0.2, 0.25) is 5.15 Å². The van der Waals surface area contributed by atoms with Crippen LogP contribution in [0.15, 0.2) is 16.2 Å². The first-order valence-electron chi connectivity index (χ1n) is 7.22. The molecular formula is C16H17BrClN5. The zero-order valence-corrected chi connectivity index (χ0v) is 15.5. The Morgan fingerprint density at radius 2 is 2.04 bits per heavy atom. The Kier molecular flexibility index (Phi) is 4.29. The molecule has 0 atom stereocenters. The molecule has 0 saturated carbocycles. The maximum Gasteiger partial charge on any atom is 0.223 e. The van der Waals surface area contributed by atoms with Crippen molar-refractivity contribution in [1.82, 2.24) is 15.0 Å². The van der Waals surface area contributed by atoms with Crippen molar-refractivity contribution in [1.29, 1.82) is 0 Å². The molecule has 0 radical (unpaired) electrons. The van der Waals surface area contributed by atoms with E-state index in [2.05, 4.69) is 49.6 Å². The molecule has 7 heteroatoms. The lowest BCUT2D eigenvalue weighted by Gasteiger charge is -2.30. The molecule has 0 aliphatic carbocycles. The van der Waals surface area contributed by atoms with Crippen LogP contribution >= 0.6 is 27.5 Å². The molecule has 2 N–H and O–H groups in total. The van der Waals surface area contributed by atoms with Crippen LogP contribution in [0.25, 0.3) is 6.08 Å². The molecule has 5 nitrogen and oxygen atoms in total. The second-order valence-electron chi connectivity index (χ2n) is 5.78. The topological polar surface area (TPSA) is 67.9 Å². The van der Waals surface area contributed by atoms with Crippen LogP contribution in [0.5, 0.6) is 0 Å². The number of aromatic nitrogens is 3. The summed E-state index contributed by atoms with van der Waals surface area (Å²) in [5.41, 5.74) is 11.0. The van der Waals surface area contributed by atoms with Crippen LogP contribution in [-0.2, 0) is 6.54 Å². The van der Waals surface area contributed by atoms with Crippen molar-refractivity contribution in [2.75, 3.05) is 17.2 Å². The van der Waals surface area contributed by atoms with E-state index in [1.54, 1.807) is 0 Å². The van der Waals surface area contributed by atoms with Crippen LogP contribution in [0.1, 0.15) is 29.3 Å². The average Bonchev–Trinajstić information content (AvgIpc) is 2.49. The van der Waals surface area contributed by atoms with Gasteiger partial charge in [0.15, 0.2) is 0 Å². The second kappa shape index (κ2) is 6.09. The number of nitrogens with zero attached hydrogens (tertiary/aromatic N) is 4. The van der Waals surface area contributed by atoms with E-state index < -0.39 is 0 Å². The van der Waals surface area contributed by atoms with Gasteiger partial charge >= 0.3 is 0 Å². The fourth-order valence-corrected chi connectivity index (χ4v) is 3.26. The van der Waals surface area contributed by atoms with Crippen molar-refractivity contribution in [2.24, 2.45) is 0 Å². The number of fused-ring (bicyclic) bond motifs is 1. The zero-order valence-electron chi connectivity index (χ0n) is 13.2. The summed E-state index contributed by atoms with van der Waals surface area (Å²) in [6.45, 7) is 7.55.